The van der Waals surface area contributed by atoms with Gasteiger partial charge in [-0.2, -0.15) is 0 Å². The third-order valence-corrected chi connectivity index (χ3v) is 5.14. The minimum Gasteiger partial charge on any atom is -0.466 e. The van der Waals surface area contributed by atoms with E-state index in [2.05, 4.69) is 4.99 Å². The van der Waals surface area contributed by atoms with Crippen LogP contribution in [0.1, 0.15) is 24.9 Å². The molecule has 0 radical (unpaired) electrons. The van der Waals surface area contributed by atoms with Gasteiger partial charge in [0, 0.05) is 24.4 Å². The largest absolute Gasteiger partial charge is 0.466 e. The normalized spacial score (nSPS) is 20.3. The summed E-state index contributed by atoms with van der Waals surface area (Å²) < 4.78 is 4.94. The van der Waals surface area contributed by atoms with Crippen LogP contribution in [0.2, 0.25) is 0 Å². The zero-order valence-electron chi connectivity index (χ0n) is 13.4. The fourth-order valence-corrected chi connectivity index (χ4v) is 4.01. The van der Waals surface area contributed by atoms with Crippen LogP contribution in [0.5, 0.6) is 0 Å². The van der Waals surface area contributed by atoms with E-state index in [0.717, 1.165) is 23.9 Å². The van der Waals surface area contributed by atoms with Crippen LogP contribution >= 0.6 is 11.8 Å². The summed E-state index contributed by atoms with van der Waals surface area (Å²) in [4.78, 5) is 29.6. The first-order valence-corrected chi connectivity index (χ1v) is 8.53. The molecule has 0 saturated carbocycles. The predicted octanol–water partition coefficient (Wildman–Crippen LogP) is 2.89. The molecular weight excluding hydrogens is 330 g/mol. The highest BCUT2D eigenvalue weighted by Gasteiger charge is 2.38. The number of fused-ring (bicyclic) bond motifs is 1. The lowest BCUT2D eigenvalue weighted by Crippen LogP contribution is -2.42. The predicted molar refractivity (Wildman–Crippen MR) is 91.8 cm³/mol. The van der Waals surface area contributed by atoms with Gasteiger partial charge in [-0.1, -0.05) is 23.9 Å². The summed E-state index contributed by atoms with van der Waals surface area (Å²) in [5.41, 5.74) is 1.73. The summed E-state index contributed by atoms with van der Waals surface area (Å²) in [5.74, 6) is 0.514. The standard InChI is InChI=1S/C16H17N3O4S/c1-10-13(15(20)23-2)14(18-7-4-8-24-16(18)17-10)11-5-3-6-12(9-11)19(21)22/h3,5-6,9,14H,4,7-8H2,1-2H3. The molecule has 2 heterocycles. The summed E-state index contributed by atoms with van der Waals surface area (Å²) >= 11 is 1.64. The van der Waals surface area contributed by atoms with Gasteiger partial charge in [0.2, 0.25) is 0 Å². The summed E-state index contributed by atoms with van der Waals surface area (Å²) in [6.45, 7) is 2.52. The van der Waals surface area contributed by atoms with Gasteiger partial charge in [-0.3, -0.25) is 10.1 Å². The van der Waals surface area contributed by atoms with Crippen LogP contribution in [0.3, 0.4) is 0 Å². The zero-order valence-corrected chi connectivity index (χ0v) is 14.2. The van der Waals surface area contributed by atoms with E-state index in [1.165, 1.54) is 19.2 Å². The Hall–Kier alpha value is -2.35. The highest BCUT2D eigenvalue weighted by atomic mass is 32.2. The molecule has 7 nitrogen and oxygen atoms in total. The van der Waals surface area contributed by atoms with Gasteiger partial charge < -0.3 is 9.64 Å². The maximum Gasteiger partial charge on any atom is 0.338 e. The van der Waals surface area contributed by atoms with E-state index in [1.807, 2.05) is 4.90 Å². The molecule has 2 aliphatic rings. The van der Waals surface area contributed by atoms with Crippen LogP contribution in [0.4, 0.5) is 5.69 Å². The SMILES string of the molecule is COC(=O)C1=C(C)N=C2SCCCN2C1c1cccc([N+](=O)[O-])c1. The quantitative estimate of drug-likeness (QED) is 0.475. The van der Waals surface area contributed by atoms with Crippen molar-refractivity contribution in [2.45, 2.75) is 19.4 Å². The number of thioether (sulfide) groups is 1. The maximum absolute atomic E-state index is 12.3. The maximum atomic E-state index is 12.3. The number of nitro benzene ring substituents is 1. The van der Waals surface area contributed by atoms with Crippen molar-refractivity contribution in [2.75, 3.05) is 19.4 Å². The summed E-state index contributed by atoms with van der Waals surface area (Å²) in [6.07, 6.45) is 0.961. The van der Waals surface area contributed by atoms with Crippen molar-refractivity contribution < 1.29 is 14.5 Å². The van der Waals surface area contributed by atoms with Crippen LogP contribution in [0, 0.1) is 10.1 Å². The average Bonchev–Trinajstić information content (AvgIpc) is 2.60. The lowest BCUT2D eigenvalue weighted by atomic mass is 9.94. The minimum absolute atomic E-state index is 0.00286. The lowest BCUT2D eigenvalue weighted by Gasteiger charge is -2.40. The Morgan fingerprint density at radius 3 is 3.00 bits per heavy atom. The number of methoxy groups -OCH3 is 1. The summed E-state index contributed by atoms with van der Waals surface area (Å²) in [6, 6.07) is 5.98. The lowest BCUT2D eigenvalue weighted by molar-refractivity contribution is -0.384. The van der Waals surface area contributed by atoms with Gasteiger partial charge in [0.1, 0.15) is 0 Å². The Kier molecular flexibility index (Phi) is 4.57. The number of benzene rings is 1. The summed E-state index contributed by atoms with van der Waals surface area (Å²) in [5, 5.41) is 12.0. The fraction of sp³-hybridized carbons (Fsp3) is 0.375. The number of nitrogens with zero attached hydrogens (tertiary/aromatic N) is 3. The average molecular weight is 347 g/mol. The third-order valence-electron chi connectivity index (χ3n) is 4.06. The molecule has 24 heavy (non-hydrogen) atoms. The number of nitro groups is 1. The molecule has 1 unspecified atom stereocenters. The molecule has 0 N–H and O–H groups in total. The van der Waals surface area contributed by atoms with E-state index in [9.17, 15) is 14.9 Å². The van der Waals surface area contributed by atoms with Gasteiger partial charge in [0.15, 0.2) is 5.17 Å². The number of hydrogen-bond acceptors (Lipinski definition) is 7. The Morgan fingerprint density at radius 1 is 1.50 bits per heavy atom. The van der Waals surface area contributed by atoms with Gasteiger partial charge in [-0.15, -0.1) is 0 Å². The highest BCUT2D eigenvalue weighted by Crippen LogP contribution is 2.40. The molecule has 1 atom stereocenters. The van der Waals surface area contributed by atoms with Crippen LogP contribution < -0.4 is 0 Å². The second-order valence-electron chi connectivity index (χ2n) is 5.54. The van der Waals surface area contributed by atoms with Crippen LogP contribution in [0.25, 0.3) is 0 Å². The van der Waals surface area contributed by atoms with E-state index in [-0.39, 0.29) is 5.69 Å². The molecule has 2 aliphatic heterocycles. The van der Waals surface area contributed by atoms with Crippen LogP contribution in [-0.2, 0) is 9.53 Å². The van der Waals surface area contributed by atoms with E-state index >= 15 is 0 Å². The first kappa shape index (κ1) is 16.5. The number of non-ortho nitro benzene ring substituents is 1. The van der Waals surface area contributed by atoms with E-state index in [0.29, 0.717) is 16.8 Å². The fourth-order valence-electron chi connectivity index (χ4n) is 2.99. The number of carbonyl (C=O) groups excluding carboxylic acids is 1. The van der Waals surface area contributed by atoms with E-state index < -0.39 is 16.9 Å². The third kappa shape index (κ3) is 2.89. The second-order valence-corrected chi connectivity index (χ2v) is 6.60. The van der Waals surface area contributed by atoms with Gasteiger partial charge >= 0.3 is 5.97 Å². The number of allylic oxidation sites excluding steroid dienone is 1. The number of carbonyl (C=O) groups is 1. The topological polar surface area (TPSA) is 85.0 Å². The van der Waals surface area contributed by atoms with Crippen molar-refractivity contribution in [1.29, 1.82) is 0 Å². The van der Waals surface area contributed by atoms with Crippen molar-refractivity contribution in [3.63, 3.8) is 0 Å². The number of hydrogen-bond donors (Lipinski definition) is 0. The molecule has 0 bridgehead atoms. The van der Waals surface area contributed by atoms with Gasteiger partial charge in [-0.25, -0.2) is 9.79 Å². The van der Waals surface area contributed by atoms with Crippen molar-refractivity contribution in [3.8, 4) is 0 Å². The Balaban J connectivity index is 2.14. The van der Waals surface area contributed by atoms with Crippen molar-refractivity contribution in [2.24, 2.45) is 4.99 Å². The van der Waals surface area contributed by atoms with E-state index in [4.69, 9.17) is 4.74 Å². The Labute approximate surface area is 143 Å². The molecule has 1 aromatic rings. The first-order valence-electron chi connectivity index (χ1n) is 7.54. The van der Waals surface area contributed by atoms with Crippen LogP contribution in [-0.4, -0.2) is 40.4 Å². The van der Waals surface area contributed by atoms with Crippen molar-refractivity contribution in [3.05, 3.63) is 51.2 Å². The van der Waals surface area contributed by atoms with Gasteiger partial charge in [0.25, 0.3) is 5.69 Å². The number of esters is 1. The van der Waals surface area contributed by atoms with Crippen molar-refractivity contribution in [1.82, 2.24) is 4.90 Å². The monoisotopic (exact) mass is 347 g/mol. The molecule has 3 rings (SSSR count). The number of amidine groups is 1. The molecule has 0 aliphatic carbocycles. The highest BCUT2D eigenvalue weighted by molar-refractivity contribution is 8.13. The summed E-state index contributed by atoms with van der Waals surface area (Å²) in [7, 11) is 1.33. The molecule has 1 saturated heterocycles. The number of ether oxygens (including phenoxy) is 1. The van der Waals surface area contributed by atoms with Crippen LogP contribution in [0.15, 0.2) is 40.5 Å². The van der Waals surface area contributed by atoms with Gasteiger partial charge in [0.05, 0.1) is 29.3 Å². The molecule has 0 spiro atoms. The Bertz CT molecular complexity index is 759. The molecule has 1 aromatic carbocycles. The molecule has 126 valence electrons. The first-order chi connectivity index (χ1) is 11.5. The Morgan fingerprint density at radius 2 is 2.29 bits per heavy atom. The minimum atomic E-state index is -0.456. The molecule has 0 aromatic heterocycles. The number of rotatable bonds is 3. The van der Waals surface area contributed by atoms with E-state index in [1.54, 1.807) is 30.8 Å². The smallest absolute Gasteiger partial charge is 0.338 e. The van der Waals surface area contributed by atoms with Gasteiger partial charge in [-0.05, 0) is 18.9 Å². The molecule has 0 amide bonds. The van der Waals surface area contributed by atoms with Crippen molar-refractivity contribution >= 4 is 28.6 Å². The number of aliphatic imine (C=N–C) groups is 1. The molecule has 1 fully saturated rings. The zero-order chi connectivity index (χ0) is 17.3. The molecule has 8 heteroatoms. The molecular formula is C16H17N3O4S. The second kappa shape index (κ2) is 6.64.